The predicted molar refractivity (Wildman–Crippen MR) is 95.7 cm³/mol. The highest BCUT2D eigenvalue weighted by molar-refractivity contribution is 5.92. The second-order valence-corrected chi connectivity index (χ2v) is 6.61. The molecule has 1 aliphatic heterocycles. The lowest BCUT2D eigenvalue weighted by Crippen LogP contribution is -2.40. The zero-order valence-electron chi connectivity index (χ0n) is 14.7. The standard InChI is InChI=1S/C18H20N4O5/c23-17(24)7-6-13-3-2-9-20(12-13)18(25)16-8-10-21(19-16)14-4-1-5-15(11-14)22(26)27/h1,4-5,8,10-11,13H,2-3,6-7,9,12H2,(H,23,24). The Labute approximate surface area is 155 Å². The number of likely N-dealkylation sites (tertiary alicyclic amines) is 1. The van der Waals surface area contributed by atoms with Crippen molar-refractivity contribution in [1.82, 2.24) is 14.7 Å². The largest absolute Gasteiger partial charge is 0.481 e. The highest BCUT2D eigenvalue weighted by Gasteiger charge is 2.26. The molecule has 2 aromatic rings. The Bertz CT molecular complexity index is 863. The summed E-state index contributed by atoms with van der Waals surface area (Å²) in [5.74, 6) is -0.856. The Morgan fingerprint density at radius 3 is 2.89 bits per heavy atom. The van der Waals surface area contributed by atoms with E-state index < -0.39 is 10.9 Å². The molecule has 1 fully saturated rings. The number of hydrogen-bond donors (Lipinski definition) is 1. The average molecular weight is 372 g/mol. The summed E-state index contributed by atoms with van der Waals surface area (Å²) in [7, 11) is 0. The molecule has 9 nitrogen and oxygen atoms in total. The Morgan fingerprint density at radius 2 is 2.15 bits per heavy atom. The Morgan fingerprint density at radius 1 is 1.33 bits per heavy atom. The first kappa shape index (κ1) is 18.6. The number of carbonyl (C=O) groups is 2. The zero-order valence-corrected chi connectivity index (χ0v) is 14.7. The number of nitro groups is 1. The van der Waals surface area contributed by atoms with E-state index in [1.165, 1.54) is 16.8 Å². The van der Waals surface area contributed by atoms with Gasteiger partial charge in [0.05, 0.1) is 10.6 Å². The van der Waals surface area contributed by atoms with Gasteiger partial charge < -0.3 is 10.0 Å². The van der Waals surface area contributed by atoms with Gasteiger partial charge in [-0.05, 0) is 37.3 Å². The third-order valence-corrected chi connectivity index (χ3v) is 4.69. The molecule has 2 heterocycles. The van der Waals surface area contributed by atoms with Gasteiger partial charge in [0.25, 0.3) is 11.6 Å². The molecule has 1 aliphatic rings. The third-order valence-electron chi connectivity index (χ3n) is 4.69. The van der Waals surface area contributed by atoms with Crippen molar-refractivity contribution < 1.29 is 19.6 Å². The summed E-state index contributed by atoms with van der Waals surface area (Å²) in [5, 5.41) is 24.0. The van der Waals surface area contributed by atoms with Gasteiger partial charge in [-0.2, -0.15) is 5.10 Å². The fraction of sp³-hybridized carbons (Fsp3) is 0.389. The number of carboxylic acid groups (broad SMARTS) is 1. The van der Waals surface area contributed by atoms with Crippen LogP contribution in [-0.4, -0.2) is 49.7 Å². The topological polar surface area (TPSA) is 119 Å². The van der Waals surface area contributed by atoms with Crippen LogP contribution in [-0.2, 0) is 4.79 Å². The van der Waals surface area contributed by atoms with Crippen LogP contribution in [0.4, 0.5) is 5.69 Å². The number of amides is 1. The van der Waals surface area contributed by atoms with Crippen LogP contribution in [0.1, 0.15) is 36.2 Å². The lowest BCUT2D eigenvalue weighted by molar-refractivity contribution is -0.384. The number of aliphatic carboxylic acids is 1. The van der Waals surface area contributed by atoms with E-state index >= 15 is 0 Å². The quantitative estimate of drug-likeness (QED) is 0.615. The van der Waals surface area contributed by atoms with E-state index in [2.05, 4.69) is 5.10 Å². The molecule has 1 atom stereocenters. The van der Waals surface area contributed by atoms with Crippen LogP contribution >= 0.6 is 0 Å². The van der Waals surface area contributed by atoms with E-state index in [9.17, 15) is 19.7 Å². The normalized spacial score (nSPS) is 16.9. The highest BCUT2D eigenvalue weighted by Crippen LogP contribution is 2.23. The number of benzene rings is 1. The predicted octanol–water partition coefficient (Wildman–Crippen LogP) is 2.50. The summed E-state index contributed by atoms with van der Waals surface area (Å²) in [6.45, 7) is 1.14. The van der Waals surface area contributed by atoms with E-state index in [1.54, 1.807) is 29.3 Å². The van der Waals surface area contributed by atoms with Crippen molar-refractivity contribution in [2.45, 2.75) is 25.7 Å². The number of non-ortho nitro benzene ring substituents is 1. The van der Waals surface area contributed by atoms with Gasteiger partial charge in [-0.1, -0.05) is 6.07 Å². The SMILES string of the molecule is O=C(O)CCC1CCCN(C(=O)c2ccn(-c3cccc([N+](=O)[O-])c3)n2)C1. The Balaban J connectivity index is 1.70. The van der Waals surface area contributed by atoms with Gasteiger partial charge in [0.2, 0.25) is 0 Å². The van der Waals surface area contributed by atoms with E-state index in [0.29, 0.717) is 25.2 Å². The molecule has 1 aromatic carbocycles. The molecule has 1 amide bonds. The Hall–Kier alpha value is -3.23. The molecular weight excluding hydrogens is 352 g/mol. The fourth-order valence-electron chi connectivity index (χ4n) is 3.31. The first-order valence-corrected chi connectivity index (χ1v) is 8.75. The molecule has 0 radical (unpaired) electrons. The van der Waals surface area contributed by atoms with Crippen molar-refractivity contribution in [1.29, 1.82) is 0 Å². The number of nitrogens with zero attached hydrogens (tertiary/aromatic N) is 4. The minimum Gasteiger partial charge on any atom is -0.481 e. The van der Waals surface area contributed by atoms with Gasteiger partial charge in [0.1, 0.15) is 0 Å². The van der Waals surface area contributed by atoms with E-state index in [-0.39, 0.29) is 29.6 Å². The van der Waals surface area contributed by atoms with Crippen LogP contribution in [0.5, 0.6) is 0 Å². The molecular formula is C18H20N4O5. The molecule has 1 unspecified atom stereocenters. The van der Waals surface area contributed by atoms with Gasteiger partial charge in [0, 0.05) is 37.8 Å². The minimum absolute atomic E-state index is 0.0480. The minimum atomic E-state index is -0.825. The zero-order chi connectivity index (χ0) is 19.4. The second-order valence-electron chi connectivity index (χ2n) is 6.61. The van der Waals surface area contributed by atoms with Crippen LogP contribution in [0.2, 0.25) is 0 Å². The number of piperidine rings is 1. The second kappa shape index (κ2) is 7.98. The number of aromatic nitrogens is 2. The van der Waals surface area contributed by atoms with Crippen LogP contribution in [0.3, 0.4) is 0 Å². The monoisotopic (exact) mass is 372 g/mol. The molecule has 142 valence electrons. The lowest BCUT2D eigenvalue weighted by Gasteiger charge is -2.32. The first-order chi connectivity index (χ1) is 12.9. The van der Waals surface area contributed by atoms with E-state index in [4.69, 9.17) is 5.11 Å². The van der Waals surface area contributed by atoms with E-state index in [0.717, 1.165) is 12.8 Å². The number of carboxylic acids is 1. The third kappa shape index (κ3) is 4.49. The molecule has 1 saturated heterocycles. The molecule has 1 N–H and O–H groups in total. The average Bonchev–Trinajstić information content (AvgIpc) is 3.16. The van der Waals surface area contributed by atoms with Crippen LogP contribution in [0.25, 0.3) is 5.69 Å². The van der Waals surface area contributed by atoms with Crippen molar-refractivity contribution in [3.8, 4) is 5.69 Å². The van der Waals surface area contributed by atoms with Gasteiger partial charge in [-0.15, -0.1) is 0 Å². The van der Waals surface area contributed by atoms with Gasteiger partial charge >= 0.3 is 5.97 Å². The molecule has 3 rings (SSSR count). The van der Waals surface area contributed by atoms with Crippen LogP contribution in [0, 0.1) is 16.0 Å². The molecule has 27 heavy (non-hydrogen) atoms. The summed E-state index contributed by atoms with van der Waals surface area (Å²) < 4.78 is 1.44. The smallest absolute Gasteiger partial charge is 0.303 e. The molecule has 0 saturated carbocycles. The number of carbonyl (C=O) groups excluding carboxylic acids is 1. The highest BCUT2D eigenvalue weighted by atomic mass is 16.6. The maximum absolute atomic E-state index is 12.7. The number of hydrogen-bond acceptors (Lipinski definition) is 5. The maximum atomic E-state index is 12.7. The van der Waals surface area contributed by atoms with Crippen molar-refractivity contribution in [2.75, 3.05) is 13.1 Å². The van der Waals surface area contributed by atoms with Crippen molar-refractivity contribution in [2.24, 2.45) is 5.92 Å². The molecule has 1 aromatic heterocycles. The molecule has 0 spiro atoms. The van der Waals surface area contributed by atoms with Crippen molar-refractivity contribution in [3.63, 3.8) is 0 Å². The van der Waals surface area contributed by atoms with Crippen LogP contribution < -0.4 is 0 Å². The number of nitro benzene ring substituents is 1. The van der Waals surface area contributed by atoms with Crippen LogP contribution in [0.15, 0.2) is 36.5 Å². The molecule has 9 heteroatoms. The molecule has 0 aliphatic carbocycles. The van der Waals surface area contributed by atoms with E-state index in [1.807, 2.05) is 0 Å². The lowest BCUT2D eigenvalue weighted by atomic mass is 9.93. The fourth-order valence-corrected chi connectivity index (χ4v) is 3.31. The summed E-state index contributed by atoms with van der Waals surface area (Å²) in [5.41, 5.74) is 0.717. The summed E-state index contributed by atoms with van der Waals surface area (Å²) >= 11 is 0. The Kier molecular flexibility index (Phi) is 5.49. The first-order valence-electron chi connectivity index (χ1n) is 8.75. The van der Waals surface area contributed by atoms with Crippen molar-refractivity contribution >= 4 is 17.6 Å². The van der Waals surface area contributed by atoms with Crippen molar-refractivity contribution in [3.05, 3.63) is 52.3 Å². The van der Waals surface area contributed by atoms with Gasteiger partial charge in [0.15, 0.2) is 5.69 Å². The maximum Gasteiger partial charge on any atom is 0.303 e. The summed E-state index contributed by atoms with van der Waals surface area (Å²) in [4.78, 5) is 35.6. The van der Waals surface area contributed by atoms with Gasteiger partial charge in [-0.3, -0.25) is 19.7 Å². The molecule has 0 bridgehead atoms. The number of rotatable bonds is 6. The summed E-state index contributed by atoms with van der Waals surface area (Å²) in [6, 6.07) is 7.61. The summed E-state index contributed by atoms with van der Waals surface area (Å²) in [6.07, 6.45) is 4.01. The van der Waals surface area contributed by atoms with Gasteiger partial charge in [-0.25, -0.2) is 4.68 Å².